The fourth-order valence-electron chi connectivity index (χ4n) is 1.06. The molecule has 2 N–H and O–H groups in total. The van der Waals surface area contributed by atoms with E-state index in [1.54, 1.807) is 0 Å². The Morgan fingerprint density at radius 1 is 1.47 bits per heavy atom. The monoisotopic (exact) mass is 220 g/mol. The van der Waals surface area contributed by atoms with Crippen LogP contribution in [0.4, 0.5) is 11.4 Å². The first-order valence-electron chi connectivity index (χ1n) is 4.36. The number of anilines is 1. The lowest BCUT2D eigenvalue weighted by Gasteiger charge is -2.05. The Kier molecular flexibility index (Phi) is 4.51. The Morgan fingerprint density at radius 3 is 2.80 bits per heavy atom. The summed E-state index contributed by atoms with van der Waals surface area (Å²) >= 11 is 1.40. The van der Waals surface area contributed by atoms with Gasteiger partial charge in [0.2, 0.25) is 0 Å². The number of nitrogens with zero attached hydrogens (tertiary/aromatic N) is 2. The first-order valence-corrected chi connectivity index (χ1v) is 5.59. The summed E-state index contributed by atoms with van der Waals surface area (Å²) in [6.45, 7) is 0. The lowest BCUT2D eigenvalue weighted by molar-refractivity contribution is 1.28. The van der Waals surface area contributed by atoms with E-state index in [9.17, 15) is 0 Å². The van der Waals surface area contributed by atoms with Crippen LogP contribution in [0.25, 0.3) is 0 Å². The topological polar surface area (TPSA) is 60.2 Å². The Bertz CT molecular complexity index is 395. The van der Waals surface area contributed by atoms with Gasteiger partial charge >= 0.3 is 0 Å². The molecule has 0 aromatic heterocycles. The van der Waals surface area contributed by atoms with Crippen LogP contribution in [0.15, 0.2) is 29.3 Å². The van der Waals surface area contributed by atoms with Gasteiger partial charge in [0.25, 0.3) is 0 Å². The highest BCUT2D eigenvalue weighted by Crippen LogP contribution is 2.24. The minimum Gasteiger partial charge on any atom is -0.386 e. The molecule has 0 bridgehead atoms. The first-order chi connectivity index (χ1) is 7.31. The summed E-state index contributed by atoms with van der Waals surface area (Å²) in [5.41, 5.74) is 1.75. The third kappa shape index (κ3) is 3.18. The van der Waals surface area contributed by atoms with Crippen molar-refractivity contribution in [1.29, 1.82) is 5.26 Å². The summed E-state index contributed by atoms with van der Waals surface area (Å²) in [7, 11) is 1.84. The standard InChI is InChI=1S/C10H12N4S/c1-12-8-5-3-4-6-9(8)14-10(15-2)13-7-11/h3-6,12H,1-2H3,(H,13,14). The van der Waals surface area contributed by atoms with E-state index < -0.39 is 0 Å². The quantitative estimate of drug-likeness (QED) is 0.347. The Hall–Kier alpha value is -1.67. The molecule has 1 rings (SSSR count). The van der Waals surface area contributed by atoms with Crippen LogP contribution in [-0.4, -0.2) is 18.5 Å². The van der Waals surface area contributed by atoms with E-state index in [2.05, 4.69) is 15.6 Å². The highest BCUT2D eigenvalue weighted by molar-refractivity contribution is 8.13. The molecule has 0 aliphatic carbocycles. The second-order valence-corrected chi connectivity index (χ2v) is 3.42. The zero-order valence-electron chi connectivity index (χ0n) is 8.61. The van der Waals surface area contributed by atoms with Gasteiger partial charge in [0.15, 0.2) is 11.4 Å². The van der Waals surface area contributed by atoms with Gasteiger partial charge in [0, 0.05) is 7.05 Å². The minimum atomic E-state index is 0.584. The van der Waals surface area contributed by atoms with Crippen LogP contribution in [0, 0.1) is 11.5 Å². The predicted octanol–water partition coefficient (Wildman–Crippen LogP) is 2.15. The van der Waals surface area contributed by atoms with E-state index in [4.69, 9.17) is 5.26 Å². The van der Waals surface area contributed by atoms with Crippen molar-refractivity contribution < 1.29 is 0 Å². The number of para-hydroxylation sites is 2. The molecule has 0 atom stereocenters. The SMILES string of the molecule is CNc1ccccc1N=C(NC#N)SC. The number of nitriles is 1. The fourth-order valence-corrected chi connectivity index (χ4v) is 1.40. The van der Waals surface area contributed by atoms with Crippen LogP contribution in [-0.2, 0) is 0 Å². The predicted molar refractivity (Wildman–Crippen MR) is 65.3 cm³/mol. The van der Waals surface area contributed by atoms with Crippen molar-refractivity contribution in [2.24, 2.45) is 4.99 Å². The van der Waals surface area contributed by atoms with E-state index in [1.807, 2.05) is 43.8 Å². The minimum absolute atomic E-state index is 0.584. The highest BCUT2D eigenvalue weighted by atomic mass is 32.2. The van der Waals surface area contributed by atoms with Crippen LogP contribution in [0.2, 0.25) is 0 Å². The summed E-state index contributed by atoms with van der Waals surface area (Å²) < 4.78 is 0. The number of aliphatic imine (C=N–C) groups is 1. The molecule has 5 heteroatoms. The van der Waals surface area contributed by atoms with Gasteiger partial charge in [0.1, 0.15) is 0 Å². The molecule has 0 heterocycles. The molecule has 15 heavy (non-hydrogen) atoms. The molecule has 0 saturated heterocycles. The van der Waals surface area contributed by atoms with Crippen molar-refractivity contribution in [3.63, 3.8) is 0 Å². The molecule has 0 radical (unpaired) electrons. The number of amidine groups is 1. The van der Waals surface area contributed by atoms with Crippen LogP contribution >= 0.6 is 11.8 Å². The van der Waals surface area contributed by atoms with Gasteiger partial charge in [-0.2, -0.15) is 5.26 Å². The van der Waals surface area contributed by atoms with Crippen molar-refractivity contribution >= 4 is 28.3 Å². The fraction of sp³-hybridized carbons (Fsp3) is 0.200. The summed E-state index contributed by atoms with van der Waals surface area (Å²) in [6, 6.07) is 7.66. The first kappa shape index (κ1) is 11.4. The average molecular weight is 220 g/mol. The Balaban J connectivity index is 3.00. The van der Waals surface area contributed by atoms with Crippen molar-refractivity contribution in [3.05, 3.63) is 24.3 Å². The molecule has 0 amide bonds. The van der Waals surface area contributed by atoms with Gasteiger partial charge in [-0.25, -0.2) is 4.99 Å². The summed E-state index contributed by atoms with van der Waals surface area (Å²) in [5, 5.41) is 14.6. The van der Waals surface area contributed by atoms with Gasteiger partial charge < -0.3 is 5.32 Å². The number of hydrogen-bond acceptors (Lipinski definition) is 4. The summed E-state index contributed by atoms with van der Waals surface area (Å²) in [6.07, 6.45) is 3.72. The lowest BCUT2D eigenvalue weighted by atomic mass is 10.3. The van der Waals surface area contributed by atoms with Gasteiger partial charge in [-0.1, -0.05) is 23.9 Å². The number of rotatable bonds is 2. The van der Waals surface area contributed by atoms with E-state index in [-0.39, 0.29) is 0 Å². The molecule has 0 fully saturated rings. The number of benzene rings is 1. The van der Waals surface area contributed by atoms with Crippen LogP contribution in [0.1, 0.15) is 0 Å². The van der Waals surface area contributed by atoms with E-state index in [1.165, 1.54) is 11.8 Å². The maximum absolute atomic E-state index is 8.50. The third-order valence-electron chi connectivity index (χ3n) is 1.75. The number of thioether (sulfide) groups is 1. The maximum atomic E-state index is 8.50. The zero-order valence-corrected chi connectivity index (χ0v) is 9.43. The molecule has 0 aliphatic heterocycles. The molecule has 0 saturated carbocycles. The van der Waals surface area contributed by atoms with Crippen molar-refractivity contribution in [3.8, 4) is 6.19 Å². The van der Waals surface area contributed by atoms with Crippen LogP contribution in [0.3, 0.4) is 0 Å². The molecule has 4 nitrogen and oxygen atoms in total. The molecular formula is C10H12N4S. The zero-order chi connectivity index (χ0) is 11.1. The Morgan fingerprint density at radius 2 is 2.20 bits per heavy atom. The summed E-state index contributed by atoms with van der Waals surface area (Å²) in [5.74, 6) is 0. The Labute approximate surface area is 93.4 Å². The second kappa shape index (κ2) is 5.94. The molecule has 0 unspecified atom stereocenters. The average Bonchev–Trinajstić information content (AvgIpc) is 2.29. The van der Waals surface area contributed by atoms with E-state index in [0.29, 0.717) is 5.17 Å². The third-order valence-corrected chi connectivity index (χ3v) is 2.33. The van der Waals surface area contributed by atoms with Gasteiger partial charge in [-0.05, 0) is 18.4 Å². The maximum Gasteiger partial charge on any atom is 0.183 e. The van der Waals surface area contributed by atoms with Gasteiger partial charge in [-0.3, -0.25) is 5.32 Å². The number of hydrogen-bond donors (Lipinski definition) is 2. The molecule has 1 aromatic rings. The molecule has 0 aliphatic rings. The largest absolute Gasteiger partial charge is 0.386 e. The smallest absolute Gasteiger partial charge is 0.183 e. The van der Waals surface area contributed by atoms with Crippen LogP contribution < -0.4 is 10.6 Å². The lowest BCUT2D eigenvalue weighted by Crippen LogP contribution is -2.12. The van der Waals surface area contributed by atoms with E-state index >= 15 is 0 Å². The van der Waals surface area contributed by atoms with Gasteiger partial charge in [0.05, 0.1) is 11.4 Å². The summed E-state index contributed by atoms with van der Waals surface area (Å²) in [4.78, 5) is 4.32. The van der Waals surface area contributed by atoms with Crippen LogP contribution in [0.5, 0.6) is 0 Å². The van der Waals surface area contributed by atoms with Crippen molar-refractivity contribution in [2.75, 3.05) is 18.6 Å². The second-order valence-electron chi connectivity index (χ2n) is 2.63. The van der Waals surface area contributed by atoms with Gasteiger partial charge in [-0.15, -0.1) is 0 Å². The van der Waals surface area contributed by atoms with E-state index in [0.717, 1.165) is 11.4 Å². The molecule has 1 aromatic carbocycles. The molecule has 78 valence electrons. The highest BCUT2D eigenvalue weighted by Gasteiger charge is 2.00. The molecular weight excluding hydrogens is 208 g/mol. The normalized spacial score (nSPS) is 10.6. The molecule has 0 spiro atoms. The van der Waals surface area contributed by atoms with Crippen molar-refractivity contribution in [2.45, 2.75) is 0 Å². The van der Waals surface area contributed by atoms with Crippen molar-refractivity contribution in [1.82, 2.24) is 5.32 Å². The number of nitrogens with one attached hydrogen (secondary N) is 2.